The largest absolute Gasteiger partial charge is 0.478 e. The highest BCUT2D eigenvalue weighted by Crippen LogP contribution is 2.28. The molecule has 0 saturated carbocycles. The fourth-order valence-electron chi connectivity index (χ4n) is 1.51. The van der Waals surface area contributed by atoms with Crippen LogP contribution in [-0.4, -0.2) is 24.7 Å². The van der Waals surface area contributed by atoms with Crippen molar-refractivity contribution in [1.82, 2.24) is 5.16 Å². The maximum atomic E-state index is 12.2. The number of aryl methyl sites for hydroxylation is 1. The number of aromatic nitrogens is 1. The lowest BCUT2D eigenvalue weighted by Gasteiger charge is -2.10. The van der Waals surface area contributed by atoms with Crippen LogP contribution in [0.15, 0.2) is 38.4 Å². The number of carboxylic acids is 1. The average Bonchev–Trinajstić information content (AvgIpc) is 2.83. The average molecular weight is 361 g/mol. The van der Waals surface area contributed by atoms with E-state index in [0.29, 0.717) is 10.0 Å². The Morgan fingerprint density at radius 3 is 2.70 bits per heavy atom. The molecule has 0 atom stereocenters. The van der Waals surface area contributed by atoms with Crippen molar-refractivity contribution in [2.24, 2.45) is 0 Å². The lowest BCUT2D eigenvalue weighted by Crippen LogP contribution is -2.15. The highest BCUT2D eigenvalue weighted by molar-refractivity contribution is 9.10. The van der Waals surface area contributed by atoms with Crippen LogP contribution in [0.2, 0.25) is 0 Å². The molecule has 0 bridgehead atoms. The third-order valence-corrected chi connectivity index (χ3v) is 5.13. The number of rotatable bonds is 4. The summed E-state index contributed by atoms with van der Waals surface area (Å²) in [6, 6.07) is 3.78. The van der Waals surface area contributed by atoms with Gasteiger partial charge in [0, 0.05) is 10.5 Å². The number of hydrogen-bond donors (Lipinski definition) is 2. The van der Waals surface area contributed by atoms with Crippen LogP contribution in [0.4, 0.5) is 5.82 Å². The lowest BCUT2D eigenvalue weighted by molar-refractivity contribution is 0.0696. The molecule has 2 N–H and O–H groups in total. The molecule has 0 unspecified atom stereocenters. The quantitative estimate of drug-likeness (QED) is 0.864. The van der Waals surface area contributed by atoms with Crippen LogP contribution in [0.1, 0.15) is 15.9 Å². The number of nitrogens with one attached hydrogen (secondary N) is 1. The van der Waals surface area contributed by atoms with E-state index in [-0.39, 0.29) is 16.3 Å². The molecule has 0 saturated heterocycles. The van der Waals surface area contributed by atoms with Gasteiger partial charge in [0.2, 0.25) is 0 Å². The molecule has 106 valence electrons. The van der Waals surface area contributed by atoms with Crippen LogP contribution in [-0.2, 0) is 10.0 Å². The number of benzene rings is 1. The number of aromatic carboxylic acids is 1. The second kappa shape index (κ2) is 5.25. The Hall–Kier alpha value is -1.87. The normalized spacial score (nSPS) is 11.3. The molecule has 1 heterocycles. The molecule has 0 fully saturated rings. The van der Waals surface area contributed by atoms with Gasteiger partial charge in [-0.05, 0) is 40.5 Å². The number of carbonyl (C=O) groups is 1. The summed E-state index contributed by atoms with van der Waals surface area (Å²) >= 11 is 3.15. The Bertz CT molecular complexity index is 755. The molecule has 0 aliphatic heterocycles. The zero-order valence-electron chi connectivity index (χ0n) is 10.1. The molecule has 0 aliphatic carbocycles. The predicted octanol–water partition coefficient (Wildman–Crippen LogP) is 2.24. The van der Waals surface area contributed by atoms with Crippen LogP contribution in [0.5, 0.6) is 0 Å². The number of hydrogen-bond acceptors (Lipinski definition) is 5. The first kappa shape index (κ1) is 14.5. The first-order valence-corrected chi connectivity index (χ1v) is 7.55. The summed E-state index contributed by atoms with van der Waals surface area (Å²) < 4.78 is 31.5. The molecule has 20 heavy (non-hydrogen) atoms. The van der Waals surface area contributed by atoms with Gasteiger partial charge in [-0.25, -0.2) is 13.2 Å². The van der Waals surface area contributed by atoms with Gasteiger partial charge in [-0.3, -0.25) is 4.72 Å². The Kier molecular flexibility index (Phi) is 3.82. The van der Waals surface area contributed by atoms with Crippen molar-refractivity contribution in [3.63, 3.8) is 0 Å². The van der Waals surface area contributed by atoms with Gasteiger partial charge < -0.3 is 9.63 Å². The molecule has 7 nitrogen and oxygen atoms in total. The summed E-state index contributed by atoms with van der Waals surface area (Å²) in [5, 5.41) is 12.4. The summed E-state index contributed by atoms with van der Waals surface area (Å²) in [6.45, 7) is 1.60. The van der Waals surface area contributed by atoms with Crippen LogP contribution in [0, 0.1) is 6.92 Å². The topological polar surface area (TPSA) is 110 Å². The molecule has 0 aliphatic rings. The second-order valence-corrected chi connectivity index (χ2v) is 6.34. The highest BCUT2D eigenvalue weighted by atomic mass is 79.9. The minimum Gasteiger partial charge on any atom is -0.478 e. The smallest absolute Gasteiger partial charge is 0.335 e. The Balaban J connectivity index is 2.53. The maximum Gasteiger partial charge on any atom is 0.335 e. The predicted molar refractivity (Wildman–Crippen MR) is 73.1 cm³/mol. The monoisotopic (exact) mass is 360 g/mol. The Labute approximate surface area is 122 Å². The molecule has 2 rings (SSSR count). The molecule has 1 aromatic carbocycles. The third kappa shape index (κ3) is 2.83. The molecule has 0 spiro atoms. The van der Waals surface area contributed by atoms with E-state index >= 15 is 0 Å². The standard InChI is InChI=1S/C11H9BrN2O5S/c1-6-4-7(11(15)16)5-8(10(6)12)20(17,18)14-9-2-3-19-13-9/h2-5H,1H3,(H,13,14)(H,15,16). The van der Waals surface area contributed by atoms with Gasteiger partial charge in [0.25, 0.3) is 10.0 Å². The van der Waals surface area contributed by atoms with Gasteiger partial charge in [0.1, 0.15) is 11.2 Å². The zero-order chi connectivity index (χ0) is 14.9. The molecule has 1 aromatic heterocycles. The third-order valence-electron chi connectivity index (χ3n) is 2.43. The van der Waals surface area contributed by atoms with Gasteiger partial charge in [-0.15, -0.1) is 0 Å². The van der Waals surface area contributed by atoms with Crippen molar-refractivity contribution in [2.75, 3.05) is 4.72 Å². The molecular formula is C11H9BrN2O5S. The van der Waals surface area contributed by atoms with Crippen LogP contribution in [0.3, 0.4) is 0 Å². The Morgan fingerprint density at radius 1 is 1.45 bits per heavy atom. The number of nitrogens with zero attached hydrogens (tertiary/aromatic N) is 1. The van der Waals surface area contributed by atoms with Crippen molar-refractivity contribution >= 4 is 37.7 Å². The van der Waals surface area contributed by atoms with Gasteiger partial charge in [0.15, 0.2) is 5.82 Å². The fraction of sp³-hybridized carbons (Fsp3) is 0.0909. The van der Waals surface area contributed by atoms with E-state index in [1.165, 1.54) is 18.4 Å². The minimum atomic E-state index is -3.98. The molecule has 0 radical (unpaired) electrons. The van der Waals surface area contributed by atoms with E-state index in [1.807, 2.05) is 0 Å². The fourth-order valence-corrected chi connectivity index (χ4v) is 3.55. The van der Waals surface area contributed by atoms with E-state index < -0.39 is 16.0 Å². The number of sulfonamides is 1. The maximum absolute atomic E-state index is 12.2. The van der Waals surface area contributed by atoms with Gasteiger partial charge >= 0.3 is 5.97 Å². The summed E-state index contributed by atoms with van der Waals surface area (Å²) in [7, 11) is -3.98. The number of anilines is 1. The molecule has 2 aromatic rings. The van der Waals surface area contributed by atoms with Crippen molar-refractivity contribution in [2.45, 2.75) is 11.8 Å². The van der Waals surface area contributed by atoms with Gasteiger partial charge in [-0.1, -0.05) is 5.16 Å². The second-order valence-electron chi connectivity index (χ2n) is 3.90. The van der Waals surface area contributed by atoms with Crippen molar-refractivity contribution in [3.8, 4) is 0 Å². The number of halogens is 1. The SMILES string of the molecule is Cc1cc(C(=O)O)cc(S(=O)(=O)Nc2ccon2)c1Br. The van der Waals surface area contributed by atoms with Crippen LogP contribution < -0.4 is 4.72 Å². The first-order valence-electron chi connectivity index (χ1n) is 5.28. The van der Waals surface area contributed by atoms with Crippen LogP contribution in [0.25, 0.3) is 0 Å². The van der Waals surface area contributed by atoms with E-state index in [9.17, 15) is 13.2 Å². The van der Waals surface area contributed by atoms with Gasteiger partial charge in [0.05, 0.1) is 5.56 Å². The number of carboxylic acid groups (broad SMARTS) is 1. The van der Waals surface area contributed by atoms with E-state index in [1.54, 1.807) is 6.92 Å². The van der Waals surface area contributed by atoms with E-state index in [4.69, 9.17) is 5.11 Å². The van der Waals surface area contributed by atoms with Gasteiger partial charge in [-0.2, -0.15) is 0 Å². The Morgan fingerprint density at radius 2 is 2.15 bits per heavy atom. The van der Waals surface area contributed by atoms with E-state index in [0.717, 1.165) is 6.07 Å². The molecule has 0 amide bonds. The summed E-state index contributed by atoms with van der Waals surface area (Å²) in [5.74, 6) is -1.20. The van der Waals surface area contributed by atoms with Crippen molar-refractivity contribution in [3.05, 3.63) is 40.1 Å². The minimum absolute atomic E-state index is 0.00952. The van der Waals surface area contributed by atoms with E-state index in [2.05, 4.69) is 30.3 Å². The lowest BCUT2D eigenvalue weighted by atomic mass is 10.1. The van der Waals surface area contributed by atoms with Crippen molar-refractivity contribution < 1.29 is 22.8 Å². The highest BCUT2D eigenvalue weighted by Gasteiger charge is 2.22. The summed E-state index contributed by atoms with van der Waals surface area (Å²) in [5.41, 5.74) is 0.372. The van der Waals surface area contributed by atoms with Crippen molar-refractivity contribution in [1.29, 1.82) is 0 Å². The first-order chi connectivity index (χ1) is 9.31. The zero-order valence-corrected chi connectivity index (χ0v) is 12.5. The molecular weight excluding hydrogens is 352 g/mol. The molecule has 9 heteroatoms. The summed E-state index contributed by atoms with van der Waals surface area (Å²) in [4.78, 5) is 10.8. The summed E-state index contributed by atoms with van der Waals surface area (Å²) in [6.07, 6.45) is 1.21. The van der Waals surface area contributed by atoms with Crippen LogP contribution >= 0.6 is 15.9 Å².